The van der Waals surface area contributed by atoms with Crippen LogP contribution in [0.3, 0.4) is 0 Å². The van der Waals surface area contributed by atoms with Gasteiger partial charge in [-0.1, -0.05) is 0 Å². The van der Waals surface area contributed by atoms with E-state index < -0.39 is 22.4 Å². The normalized spacial score (nSPS) is 26.0. The van der Waals surface area contributed by atoms with Crippen molar-refractivity contribution in [2.45, 2.75) is 37.9 Å². The lowest BCUT2D eigenvalue weighted by Crippen LogP contribution is -2.30. The fourth-order valence-corrected chi connectivity index (χ4v) is 4.06. The van der Waals surface area contributed by atoms with Gasteiger partial charge in [0.05, 0.1) is 11.5 Å². The van der Waals surface area contributed by atoms with Crippen LogP contribution in [0.5, 0.6) is 0 Å². The quantitative estimate of drug-likeness (QED) is 0.830. The van der Waals surface area contributed by atoms with Gasteiger partial charge in [-0.2, -0.15) is 13.2 Å². The maximum Gasteiger partial charge on any atom is 0.389 e. The largest absolute Gasteiger partial charge is 0.389 e. The van der Waals surface area contributed by atoms with Crippen molar-refractivity contribution in [1.29, 1.82) is 0 Å². The molecule has 3 nitrogen and oxygen atoms in total. The number of halogens is 3. The van der Waals surface area contributed by atoms with E-state index in [1.54, 1.807) is 7.05 Å². The van der Waals surface area contributed by atoms with Crippen molar-refractivity contribution in [3.63, 3.8) is 0 Å². The Hall–Kier alpha value is -0.300. The Kier molecular flexibility index (Phi) is 4.83. The molecule has 0 amide bonds. The Morgan fingerprint density at radius 2 is 2.06 bits per heavy atom. The van der Waals surface area contributed by atoms with E-state index in [1.807, 2.05) is 0 Å². The Labute approximate surface area is 99.7 Å². The molecular weight excluding hydrogens is 255 g/mol. The minimum atomic E-state index is -4.14. The molecule has 0 aromatic carbocycles. The predicted molar refractivity (Wildman–Crippen MR) is 59.5 cm³/mol. The van der Waals surface area contributed by atoms with E-state index in [2.05, 4.69) is 5.32 Å². The number of nitrogens with one attached hydrogen (secondary N) is 1. The molecule has 17 heavy (non-hydrogen) atoms. The molecule has 1 saturated heterocycles. The average molecular weight is 273 g/mol. The number of rotatable bonds is 5. The third-order valence-corrected chi connectivity index (χ3v) is 4.97. The molecule has 1 N–H and O–H groups in total. The molecule has 1 aliphatic rings. The summed E-state index contributed by atoms with van der Waals surface area (Å²) in [7, 11) is -1.33. The van der Waals surface area contributed by atoms with Crippen LogP contribution in [0.2, 0.25) is 0 Å². The van der Waals surface area contributed by atoms with E-state index in [4.69, 9.17) is 0 Å². The van der Waals surface area contributed by atoms with E-state index in [9.17, 15) is 21.6 Å². The Bertz CT molecular complexity index is 340. The van der Waals surface area contributed by atoms with Gasteiger partial charge in [0.1, 0.15) is 0 Å². The lowest BCUT2D eigenvalue weighted by molar-refractivity contribution is -0.136. The first-order valence-electron chi connectivity index (χ1n) is 5.66. The Morgan fingerprint density at radius 1 is 1.41 bits per heavy atom. The topological polar surface area (TPSA) is 46.2 Å². The van der Waals surface area contributed by atoms with Crippen LogP contribution in [0.1, 0.15) is 25.7 Å². The zero-order valence-electron chi connectivity index (χ0n) is 9.76. The van der Waals surface area contributed by atoms with Crippen molar-refractivity contribution in [2.24, 2.45) is 5.92 Å². The van der Waals surface area contributed by atoms with Gasteiger partial charge in [0.15, 0.2) is 9.84 Å². The van der Waals surface area contributed by atoms with Gasteiger partial charge < -0.3 is 5.32 Å². The lowest BCUT2D eigenvalue weighted by atomic mass is 9.96. The van der Waals surface area contributed by atoms with Crippen molar-refractivity contribution in [1.82, 2.24) is 5.32 Å². The first kappa shape index (κ1) is 14.8. The molecule has 0 aliphatic carbocycles. The van der Waals surface area contributed by atoms with E-state index in [0.29, 0.717) is 12.8 Å². The van der Waals surface area contributed by atoms with Crippen molar-refractivity contribution < 1.29 is 21.6 Å². The zero-order valence-corrected chi connectivity index (χ0v) is 10.6. The highest BCUT2D eigenvalue weighted by atomic mass is 32.2. The monoisotopic (exact) mass is 273 g/mol. The molecule has 1 rings (SSSR count). The number of hydrogen-bond donors (Lipinski definition) is 1. The number of sulfone groups is 1. The van der Waals surface area contributed by atoms with Crippen LogP contribution < -0.4 is 5.32 Å². The van der Waals surface area contributed by atoms with Crippen molar-refractivity contribution >= 4 is 9.84 Å². The van der Waals surface area contributed by atoms with E-state index in [-0.39, 0.29) is 29.9 Å². The molecule has 1 heterocycles. The van der Waals surface area contributed by atoms with Gasteiger partial charge in [-0.3, -0.25) is 0 Å². The van der Waals surface area contributed by atoms with Gasteiger partial charge in [-0.15, -0.1) is 0 Å². The summed E-state index contributed by atoms with van der Waals surface area (Å²) in [4.78, 5) is 0. The molecule has 0 saturated carbocycles. The third-order valence-electron chi connectivity index (χ3n) is 3.13. The lowest BCUT2D eigenvalue weighted by Gasteiger charge is -2.20. The van der Waals surface area contributed by atoms with Gasteiger partial charge >= 0.3 is 6.18 Å². The molecule has 0 spiro atoms. The molecule has 2 unspecified atom stereocenters. The van der Waals surface area contributed by atoms with E-state index >= 15 is 0 Å². The molecule has 0 aromatic rings. The second-order valence-corrected chi connectivity index (χ2v) is 6.87. The summed E-state index contributed by atoms with van der Waals surface area (Å²) in [5.41, 5.74) is 0. The maximum atomic E-state index is 12.1. The van der Waals surface area contributed by atoms with Crippen LogP contribution in [0.4, 0.5) is 13.2 Å². The molecule has 0 bridgehead atoms. The SMILES string of the molecule is CNC(CCC(F)(F)F)CC1CCS(=O)(=O)C1. The molecule has 0 radical (unpaired) electrons. The fraction of sp³-hybridized carbons (Fsp3) is 1.00. The number of hydrogen-bond acceptors (Lipinski definition) is 3. The van der Waals surface area contributed by atoms with Crippen LogP contribution in [0.25, 0.3) is 0 Å². The van der Waals surface area contributed by atoms with Crippen LogP contribution in [0, 0.1) is 5.92 Å². The summed E-state index contributed by atoms with van der Waals surface area (Å²) in [6, 6.07) is -0.255. The van der Waals surface area contributed by atoms with Crippen LogP contribution in [-0.4, -0.2) is 39.2 Å². The van der Waals surface area contributed by atoms with Gasteiger partial charge in [0.25, 0.3) is 0 Å². The summed E-state index contributed by atoms with van der Waals surface area (Å²) in [5, 5.41) is 2.83. The fourth-order valence-electron chi connectivity index (χ4n) is 2.18. The van der Waals surface area contributed by atoms with Crippen molar-refractivity contribution in [2.75, 3.05) is 18.6 Å². The van der Waals surface area contributed by atoms with Crippen molar-refractivity contribution in [3.05, 3.63) is 0 Å². The van der Waals surface area contributed by atoms with E-state index in [0.717, 1.165) is 0 Å². The summed E-state index contributed by atoms with van der Waals surface area (Å²) in [6.07, 6.45) is -3.87. The first-order chi connectivity index (χ1) is 7.72. The van der Waals surface area contributed by atoms with Crippen LogP contribution >= 0.6 is 0 Å². The summed E-state index contributed by atoms with van der Waals surface area (Å²) in [6.45, 7) is 0. The highest BCUT2D eigenvalue weighted by Crippen LogP contribution is 2.27. The molecular formula is C10H18F3NO2S. The second-order valence-electron chi connectivity index (χ2n) is 4.64. The number of alkyl halides is 3. The summed E-state index contributed by atoms with van der Waals surface area (Å²) < 4.78 is 58.7. The molecule has 7 heteroatoms. The first-order valence-corrected chi connectivity index (χ1v) is 7.48. The second kappa shape index (κ2) is 5.56. The molecule has 0 aromatic heterocycles. The molecule has 1 aliphatic heterocycles. The highest BCUT2D eigenvalue weighted by Gasteiger charge is 2.32. The van der Waals surface area contributed by atoms with Crippen molar-refractivity contribution in [3.8, 4) is 0 Å². The average Bonchev–Trinajstić information content (AvgIpc) is 2.51. The molecule has 102 valence electrons. The van der Waals surface area contributed by atoms with Gasteiger partial charge in [0.2, 0.25) is 0 Å². The van der Waals surface area contributed by atoms with Crippen LogP contribution in [0.15, 0.2) is 0 Å². The Balaban J connectivity index is 2.38. The van der Waals surface area contributed by atoms with Gasteiger partial charge in [0, 0.05) is 12.5 Å². The molecule has 1 fully saturated rings. The predicted octanol–water partition coefficient (Wildman–Crippen LogP) is 1.74. The standard InChI is InChI=1S/C10H18F3NO2S/c1-14-9(2-4-10(11,12)13)6-8-3-5-17(15,16)7-8/h8-9,14H,2-7H2,1H3. The van der Waals surface area contributed by atoms with Crippen LogP contribution in [-0.2, 0) is 9.84 Å². The van der Waals surface area contributed by atoms with E-state index in [1.165, 1.54) is 0 Å². The van der Waals surface area contributed by atoms with Gasteiger partial charge in [-0.25, -0.2) is 8.42 Å². The maximum absolute atomic E-state index is 12.1. The highest BCUT2D eigenvalue weighted by molar-refractivity contribution is 7.91. The third kappa shape index (κ3) is 5.72. The minimum Gasteiger partial charge on any atom is -0.317 e. The summed E-state index contributed by atoms with van der Waals surface area (Å²) >= 11 is 0. The Morgan fingerprint density at radius 3 is 2.47 bits per heavy atom. The molecule has 2 atom stereocenters. The smallest absolute Gasteiger partial charge is 0.317 e. The minimum absolute atomic E-state index is 0.00526. The zero-order chi connectivity index (χ0) is 13.1. The van der Waals surface area contributed by atoms with Gasteiger partial charge in [-0.05, 0) is 32.2 Å². The summed E-state index contributed by atoms with van der Waals surface area (Å²) in [5.74, 6) is 0.301.